The monoisotopic (exact) mass is 495 g/mol. The molecule has 0 aromatic heterocycles. The van der Waals surface area contributed by atoms with E-state index in [-0.39, 0.29) is 5.78 Å². The smallest absolute Gasteiger partial charge is 0.404 e. The number of carbonyl (C=O) groups excluding carboxylic acids is 2. The molecule has 6 rings (SSSR count). The number of hydrogen-bond donors (Lipinski definition) is 1. The summed E-state index contributed by atoms with van der Waals surface area (Å²) in [6, 6.07) is 16.6. The van der Waals surface area contributed by atoms with Crippen molar-refractivity contribution in [3.63, 3.8) is 0 Å². The number of carbonyl (C=O) groups is 2. The van der Waals surface area contributed by atoms with E-state index < -0.39 is 29.3 Å². The molecule has 0 bridgehead atoms. The van der Waals surface area contributed by atoms with Crippen molar-refractivity contribution in [1.82, 2.24) is 0 Å². The zero-order chi connectivity index (χ0) is 25.9. The Labute approximate surface area is 215 Å². The Morgan fingerprint density at radius 2 is 1.70 bits per heavy atom. The first-order chi connectivity index (χ1) is 17.7. The third kappa shape index (κ3) is 3.88. The molecule has 2 atom stereocenters. The van der Waals surface area contributed by atoms with Gasteiger partial charge in [0.25, 0.3) is 0 Å². The zero-order valence-corrected chi connectivity index (χ0v) is 21.1. The summed E-state index contributed by atoms with van der Waals surface area (Å²) in [5.74, 6) is -0.723. The molecule has 188 valence electrons. The summed E-state index contributed by atoms with van der Waals surface area (Å²) in [5, 5.41) is 2.09. The Morgan fingerprint density at radius 3 is 2.38 bits per heavy atom. The number of Topliss-reactive ketones (excluding diaryl/α,β-unsaturated/α-hetero) is 1. The van der Waals surface area contributed by atoms with Crippen molar-refractivity contribution in [2.24, 2.45) is 11.7 Å². The van der Waals surface area contributed by atoms with Gasteiger partial charge in [-0.25, -0.2) is 9.18 Å². The van der Waals surface area contributed by atoms with Gasteiger partial charge in [0.15, 0.2) is 5.78 Å². The van der Waals surface area contributed by atoms with Crippen molar-refractivity contribution in [1.29, 1.82) is 0 Å². The van der Waals surface area contributed by atoms with Crippen LogP contribution in [0.25, 0.3) is 23.3 Å². The number of fused-ring (bicyclic) bond motifs is 5. The third-order valence-corrected chi connectivity index (χ3v) is 8.56. The van der Waals surface area contributed by atoms with Gasteiger partial charge in [-0.15, -0.1) is 0 Å². The predicted molar refractivity (Wildman–Crippen MR) is 142 cm³/mol. The van der Waals surface area contributed by atoms with Crippen molar-refractivity contribution < 1.29 is 18.7 Å². The molecule has 2 N–H and O–H groups in total. The van der Waals surface area contributed by atoms with Crippen molar-refractivity contribution >= 4 is 24.0 Å². The van der Waals surface area contributed by atoms with Crippen LogP contribution in [0.4, 0.5) is 9.18 Å². The van der Waals surface area contributed by atoms with Crippen LogP contribution in [0.3, 0.4) is 0 Å². The lowest BCUT2D eigenvalue weighted by atomic mass is 9.67. The lowest BCUT2D eigenvalue weighted by molar-refractivity contribution is 0.0342. The van der Waals surface area contributed by atoms with Gasteiger partial charge in [-0.3, -0.25) is 4.79 Å². The summed E-state index contributed by atoms with van der Waals surface area (Å²) in [4.78, 5) is 25.6. The first-order valence-corrected chi connectivity index (χ1v) is 13.0. The summed E-state index contributed by atoms with van der Waals surface area (Å²) in [7, 11) is 0. The number of amides is 1. The van der Waals surface area contributed by atoms with E-state index in [0.717, 1.165) is 28.0 Å². The van der Waals surface area contributed by atoms with Crippen LogP contribution in [-0.4, -0.2) is 18.0 Å². The molecule has 3 aromatic carbocycles. The van der Waals surface area contributed by atoms with Gasteiger partial charge in [-0.05, 0) is 87.7 Å². The fraction of sp³-hybridized carbons (Fsp3) is 0.312. The maximum absolute atomic E-state index is 13.7. The minimum absolute atomic E-state index is 0.232. The number of benzene rings is 3. The fourth-order valence-electron chi connectivity index (χ4n) is 6.32. The number of ketones is 1. The SMILES string of the molecule is CC1(C)c2ccc3c(c2=CC(C(=O)c2ccc(F)cc2)C1OC(N)=O)=CCc1cc(C2CCC2)ccc1-3. The summed E-state index contributed by atoms with van der Waals surface area (Å²) in [6.07, 6.45) is 7.13. The van der Waals surface area contributed by atoms with E-state index in [1.165, 1.54) is 60.2 Å². The first kappa shape index (κ1) is 23.7. The van der Waals surface area contributed by atoms with E-state index >= 15 is 0 Å². The number of hydrogen-bond acceptors (Lipinski definition) is 3. The number of rotatable bonds is 4. The van der Waals surface area contributed by atoms with Crippen molar-refractivity contribution in [3.05, 3.63) is 93.1 Å². The van der Waals surface area contributed by atoms with Gasteiger partial charge in [-0.2, -0.15) is 0 Å². The molecule has 3 aromatic rings. The molecular formula is C32H30FNO3. The Morgan fingerprint density at radius 1 is 0.973 bits per heavy atom. The topological polar surface area (TPSA) is 69.4 Å². The second-order valence-corrected chi connectivity index (χ2v) is 11.1. The molecule has 1 fully saturated rings. The van der Waals surface area contributed by atoms with Crippen LogP contribution in [0.5, 0.6) is 0 Å². The average Bonchev–Trinajstić information content (AvgIpc) is 2.84. The zero-order valence-electron chi connectivity index (χ0n) is 21.1. The van der Waals surface area contributed by atoms with Crippen molar-refractivity contribution in [2.45, 2.75) is 57.0 Å². The summed E-state index contributed by atoms with van der Waals surface area (Å²) < 4.78 is 19.2. The third-order valence-electron chi connectivity index (χ3n) is 8.56. The van der Waals surface area contributed by atoms with E-state index in [0.29, 0.717) is 11.5 Å². The number of halogens is 1. The number of ether oxygens (including phenoxy) is 1. The van der Waals surface area contributed by atoms with Crippen LogP contribution in [0.15, 0.2) is 54.6 Å². The second-order valence-electron chi connectivity index (χ2n) is 11.1. The predicted octanol–water partition coefficient (Wildman–Crippen LogP) is 5.13. The highest BCUT2D eigenvalue weighted by molar-refractivity contribution is 6.02. The van der Waals surface area contributed by atoms with Crippen LogP contribution in [0.2, 0.25) is 0 Å². The molecule has 0 saturated heterocycles. The van der Waals surface area contributed by atoms with Gasteiger partial charge in [0.1, 0.15) is 11.9 Å². The normalized spacial score (nSPS) is 21.3. The van der Waals surface area contributed by atoms with Gasteiger partial charge in [0.2, 0.25) is 0 Å². The van der Waals surface area contributed by atoms with Crippen molar-refractivity contribution in [3.8, 4) is 11.1 Å². The average molecular weight is 496 g/mol. The van der Waals surface area contributed by atoms with Gasteiger partial charge in [0.05, 0.1) is 5.92 Å². The van der Waals surface area contributed by atoms with E-state index in [9.17, 15) is 14.0 Å². The van der Waals surface area contributed by atoms with Crippen LogP contribution in [0.1, 0.15) is 66.1 Å². The first-order valence-electron chi connectivity index (χ1n) is 13.0. The van der Waals surface area contributed by atoms with Crippen LogP contribution < -0.4 is 16.2 Å². The minimum atomic E-state index is -0.924. The van der Waals surface area contributed by atoms with Gasteiger partial charge >= 0.3 is 6.09 Å². The summed E-state index contributed by atoms with van der Waals surface area (Å²) in [5.41, 5.74) is 11.3. The Bertz CT molecular complexity index is 1550. The molecular weight excluding hydrogens is 465 g/mol. The molecule has 4 nitrogen and oxygen atoms in total. The van der Waals surface area contributed by atoms with Gasteiger partial charge < -0.3 is 10.5 Å². The molecule has 0 heterocycles. The molecule has 0 spiro atoms. The van der Waals surface area contributed by atoms with Crippen LogP contribution in [0, 0.1) is 11.7 Å². The van der Waals surface area contributed by atoms with E-state index in [2.05, 4.69) is 36.4 Å². The highest BCUT2D eigenvalue weighted by Crippen LogP contribution is 2.40. The lowest BCUT2D eigenvalue weighted by Gasteiger charge is -2.41. The van der Waals surface area contributed by atoms with Gasteiger partial charge in [0, 0.05) is 11.0 Å². The van der Waals surface area contributed by atoms with Crippen LogP contribution in [-0.2, 0) is 16.6 Å². The van der Waals surface area contributed by atoms with Crippen molar-refractivity contribution in [2.75, 3.05) is 0 Å². The summed E-state index contributed by atoms with van der Waals surface area (Å²) in [6.45, 7) is 3.96. The molecule has 37 heavy (non-hydrogen) atoms. The lowest BCUT2D eigenvalue weighted by Crippen LogP contribution is -2.54. The molecule has 2 unspecified atom stereocenters. The Hall–Kier alpha value is -3.73. The standard InChI is InChI=1S/C32H30FNO3/c1-32(2)28-15-14-24-23-12-8-20(18-4-3-5-18)16-21(23)9-13-25(24)26(28)17-27(30(32)37-31(34)36)29(35)19-6-10-22(33)11-7-19/h6-8,10-18,27,30H,3-5,9H2,1-2H3,(H2,34,36). The number of primary amides is 1. The highest BCUT2D eigenvalue weighted by atomic mass is 19.1. The quantitative estimate of drug-likeness (QED) is 0.510. The number of nitrogens with two attached hydrogens (primary N) is 1. The largest absolute Gasteiger partial charge is 0.444 e. The highest BCUT2D eigenvalue weighted by Gasteiger charge is 2.45. The molecule has 1 saturated carbocycles. The van der Waals surface area contributed by atoms with E-state index in [1.807, 2.05) is 19.9 Å². The van der Waals surface area contributed by atoms with Crippen LogP contribution >= 0.6 is 0 Å². The molecule has 0 aliphatic heterocycles. The van der Waals surface area contributed by atoms with Gasteiger partial charge in [-0.1, -0.05) is 62.8 Å². The maximum atomic E-state index is 13.7. The van der Waals surface area contributed by atoms with E-state index in [1.54, 1.807) is 0 Å². The molecule has 1 amide bonds. The molecule has 0 radical (unpaired) electrons. The Kier molecular flexibility index (Phi) is 5.55. The molecule has 3 aliphatic rings. The Balaban J connectivity index is 1.51. The molecule has 3 aliphatic carbocycles. The summed E-state index contributed by atoms with van der Waals surface area (Å²) >= 11 is 0. The fourth-order valence-corrected chi connectivity index (χ4v) is 6.32. The maximum Gasteiger partial charge on any atom is 0.404 e. The van der Waals surface area contributed by atoms with E-state index in [4.69, 9.17) is 10.5 Å². The second kappa shape index (κ2) is 8.69. The minimum Gasteiger partial charge on any atom is -0.444 e. The molecule has 5 heteroatoms.